The normalized spacial score (nSPS) is 13.4. The van der Waals surface area contributed by atoms with E-state index in [0.717, 1.165) is 35.0 Å². The van der Waals surface area contributed by atoms with Crippen LogP contribution in [0.15, 0.2) is 27.8 Å². The van der Waals surface area contributed by atoms with E-state index in [1.807, 2.05) is 45.9 Å². The molecule has 1 aromatic carbocycles. The second kappa shape index (κ2) is 10.7. The van der Waals surface area contributed by atoms with Gasteiger partial charge in [-0.1, -0.05) is 44.2 Å². The minimum Gasteiger partial charge on any atom is -0.444 e. The first-order valence-corrected chi connectivity index (χ1v) is 11.3. The van der Waals surface area contributed by atoms with E-state index >= 15 is 0 Å². The van der Waals surface area contributed by atoms with Crippen LogP contribution >= 0.6 is 11.8 Å². The Morgan fingerprint density at radius 1 is 1.23 bits per heavy atom. The number of hydrogen-bond acceptors (Lipinski definition) is 7. The van der Waals surface area contributed by atoms with Crippen LogP contribution in [0.4, 0.5) is 10.5 Å². The predicted octanol–water partition coefficient (Wildman–Crippen LogP) is 5.03. The number of aromatic nitrogens is 2. The van der Waals surface area contributed by atoms with Gasteiger partial charge < -0.3 is 19.8 Å². The lowest BCUT2D eigenvalue weighted by Gasteiger charge is -2.24. The van der Waals surface area contributed by atoms with Crippen molar-refractivity contribution in [1.29, 1.82) is 0 Å². The van der Waals surface area contributed by atoms with Gasteiger partial charge in [-0.15, -0.1) is 10.2 Å². The Bertz CT molecular complexity index is 907. The molecule has 0 unspecified atom stereocenters. The predicted molar refractivity (Wildman–Crippen MR) is 121 cm³/mol. The number of alkyl carbamates (subject to hydrolysis) is 1. The minimum atomic E-state index is -0.608. The number of ether oxygens (including phenoxy) is 1. The number of hydrogen-bond donors (Lipinski definition) is 2. The Balaban J connectivity index is 2.00. The van der Waals surface area contributed by atoms with Gasteiger partial charge in [0, 0.05) is 5.69 Å². The quantitative estimate of drug-likeness (QED) is 0.546. The van der Waals surface area contributed by atoms with E-state index < -0.39 is 17.7 Å². The average molecular weight is 449 g/mol. The van der Waals surface area contributed by atoms with E-state index in [1.165, 1.54) is 0 Å². The molecule has 2 N–H and O–H groups in total. The highest BCUT2D eigenvalue weighted by Crippen LogP contribution is 2.27. The standard InChI is InChI=1S/C22H32N4O4S/c1-8-14(3)18(24-20(28)30-22(5,6)7)19-25-26-21(29-19)31-12-17(27)23-16-11-13(2)9-10-15(16)4/h9-11,14,18H,8,12H2,1-7H3,(H,23,27)(H,24,28)/t14-,18+/m0/s1. The Labute approximate surface area is 187 Å². The summed E-state index contributed by atoms with van der Waals surface area (Å²) in [7, 11) is 0. The maximum atomic E-state index is 12.3. The molecule has 1 heterocycles. The lowest BCUT2D eigenvalue weighted by Crippen LogP contribution is -2.37. The molecule has 2 aromatic rings. The van der Waals surface area contributed by atoms with Gasteiger partial charge in [0.25, 0.3) is 5.22 Å². The van der Waals surface area contributed by atoms with Gasteiger partial charge in [0.1, 0.15) is 11.6 Å². The van der Waals surface area contributed by atoms with Crippen LogP contribution in [0.1, 0.15) is 64.1 Å². The number of nitrogens with one attached hydrogen (secondary N) is 2. The SMILES string of the molecule is CC[C@H](C)[C@@H](NC(=O)OC(C)(C)C)c1nnc(SCC(=O)Nc2cc(C)ccc2C)o1. The lowest BCUT2D eigenvalue weighted by molar-refractivity contribution is -0.113. The Morgan fingerprint density at radius 2 is 1.94 bits per heavy atom. The number of rotatable bonds is 8. The number of amides is 2. The Hall–Kier alpha value is -2.55. The summed E-state index contributed by atoms with van der Waals surface area (Å²) in [4.78, 5) is 24.6. The molecule has 31 heavy (non-hydrogen) atoms. The number of carbonyl (C=O) groups excluding carboxylic acids is 2. The van der Waals surface area contributed by atoms with Crippen molar-refractivity contribution >= 4 is 29.4 Å². The third-order valence-corrected chi connectivity index (χ3v) is 5.39. The highest BCUT2D eigenvalue weighted by Gasteiger charge is 2.28. The molecule has 9 heteroatoms. The number of carbonyl (C=O) groups is 2. The first-order chi connectivity index (χ1) is 14.5. The Kier molecular flexibility index (Phi) is 8.50. The Morgan fingerprint density at radius 3 is 2.58 bits per heavy atom. The van der Waals surface area contributed by atoms with Crippen molar-refractivity contribution in [2.24, 2.45) is 5.92 Å². The second-order valence-corrected chi connectivity index (χ2v) is 9.50. The van der Waals surface area contributed by atoms with Gasteiger partial charge in [0.2, 0.25) is 11.8 Å². The van der Waals surface area contributed by atoms with Crippen LogP contribution in [0.5, 0.6) is 0 Å². The fourth-order valence-corrected chi connectivity index (χ4v) is 3.28. The third kappa shape index (κ3) is 7.90. The van der Waals surface area contributed by atoms with Gasteiger partial charge in [-0.2, -0.15) is 0 Å². The van der Waals surface area contributed by atoms with Gasteiger partial charge in [-0.25, -0.2) is 4.79 Å². The maximum Gasteiger partial charge on any atom is 0.408 e. The van der Waals surface area contributed by atoms with Crippen LogP contribution in [0.3, 0.4) is 0 Å². The molecule has 2 atom stereocenters. The number of nitrogens with zero attached hydrogens (tertiary/aromatic N) is 2. The van der Waals surface area contributed by atoms with Gasteiger partial charge >= 0.3 is 6.09 Å². The van der Waals surface area contributed by atoms with Crippen molar-refractivity contribution < 1.29 is 18.7 Å². The summed E-state index contributed by atoms with van der Waals surface area (Å²) in [5, 5.41) is 14.1. The molecular weight excluding hydrogens is 416 g/mol. The molecule has 2 rings (SSSR count). The van der Waals surface area contributed by atoms with Gasteiger partial charge in [0.15, 0.2) is 0 Å². The van der Waals surface area contributed by atoms with Crippen LogP contribution < -0.4 is 10.6 Å². The largest absolute Gasteiger partial charge is 0.444 e. The van der Waals surface area contributed by atoms with Crippen LogP contribution in [0.2, 0.25) is 0 Å². The van der Waals surface area contributed by atoms with E-state index in [2.05, 4.69) is 20.8 Å². The zero-order chi connectivity index (χ0) is 23.2. The monoisotopic (exact) mass is 448 g/mol. The molecule has 2 amide bonds. The van der Waals surface area contributed by atoms with Crippen molar-refractivity contribution in [3.8, 4) is 0 Å². The van der Waals surface area contributed by atoms with Crippen molar-refractivity contribution in [3.05, 3.63) is 35.2 Å². The van der Waals surface area contributed by atoms with Crippen LogP contribution in [-0.4, -0.2) is 33.6 Å². The summed E-state index contributed by atoms with van der Waals surface area (Å²) in [6, 6.07) is 5.42. The van der Waals surface area contributed by atoms with Gasteiger partial charge in [0.05, 0.1) is 5.75 Å². The molecule has 0 bridgehead atoms. The topological polar surface area (TPSA) is 106 Å². The molecule has 0 radical (unpaired) electrons. The third-order valence-electron chi connectivity index (χ3n) is 4.57. The van der Waals surface area contributed by atoms with Crippen molar-refractivity contribution in [1.82, 2.24) is 15.5 Å². The lowest BCUT2D eigenvalue weighted by atomic mass is 9.99. The molecule has 0 fully saturated rings. The van der Waals surface area contributed by atoms with Crippen LogP contribution in [0, 0.1) is 19.8 Å². The van der Waals surface area contributed by atoms with Crippen molar-refractivity contribution in [3.63, 3.8) is 0 Å². The zero-order valence-electron chi connectivity index (χ0n) is 19.2. The molecule has 170 valence electrons. The first-order valence-electron chi connectivity index (χ1n) is 10.3. The molecule has 0 aliphatic heterocycles. The molecule has 0 aliphatic rings. The molecular formula is C22H32N4O4S. The van der Waals surface area contributed by atoms with E-state index in [4.69, 9.17) is 9.15 Å². The molecule has 8 nitrogen and oxygen atoms in total. The summed E-state index contributed by atoms with van der Waals surface area (Å²) in [5.41, 5.74) is 2.25. The van der Waals surface area contributed by atoms with Crippen LogP contribution in [-0.2, 0) is 9.53 Å². The molecule has 0 spiro atoms. The molecule has 1 aromatic heterocycles. The maximum absolute atomic E-state index is 12.3. The molecule has 0 saturated carbocycles. The van der Waals surface area contributed by atoms with E-state index in [0.29, 0.717) is 0 Å². The number of anilines is 1. The van der Waals surface area contributed by atoms with Gasteiger partial charge in [-0.05, 0) is 57.7 Å². The van der Waals surface area contributed by atoms with E-state index in [-0.39, 0.29) is 28.7 Å². The molecule has 0 saturated heterocycles. The number of thioether (sulfide) groups is 1. The van der Waals surface area contributed by atoms with Gasteiger partial charge in [-0.3, -0.25) is 4.79 Å². The molecule has 0 aliphatic carbocycles. The fourth-order valence-electron chi connectivity index (χ4n) is 2.71. The highest BCUT2D eigenvalue weighted by atomic mass is 32.2. The number of aryl methyl sites for hydroxylation is 2. The minimum absolute atomic E-state index is 0.0541. The summed E-state index contributed by atoms with van der Waals surface area (Å²) in [5.74, 6) is 0.308. The van der Waals surface area contributed by atoms with Crippen molar-refractivity contribution in [2.45, 2.75) is 71.8 Å². The first kappa shape index (κ1) is 24.7. The number of benzene rings is 1. The van der Waals surface area contributed by atoms with E-state index in [1.54, 1.807) is 20.8 Å². The summed E-state index contributed by atoms with van der Waals surface area (Å²) in [6.45, 7) is 13.3. The summed E-state index contributed by atoms with van der Waals surface area (Å²) < 4.78 is 11.1. The van der Waals surface area contributed by atoms with Crippen molar-refractivity contribution in [2.75, 3.05) is 11.1 Å². The second-order valence-electron chi connectivity index (χ2n) is 8.57. The fraction of sp³-hybridized carbons (Fsp3) is 0.545. The summed E-state index contributed by atoms with van der Waals surface area (Å²) in [6.07, 6.45) is 0.252. The van der Waals surface area contributed by atoms with E-state index in [9.17, 15) is 9.59 Å². The zero-order valence-corrected chi connectivity index (χ0v) is 20.1. The average Bonchev–Trinajstić information content (AvgIpc) is 3.14. The van der Waals surface area contributed by atoms with Crippen LogP contribution in [0.25, 0.3) is 0 Å². The summed E-state index contributed by atoms with van der Waals surface area (Å²) >= 11 is 1.15. The smallest absolute Gasteiger partial charge is 0.408 e. The highest BCUT2D eigenvalue weighted by molar-refractivity contribution is 7.99.